The Morgan fingerprint density at radius 3 is 2.38 bits per heavy atom. The van der Waals surface area contributed by atoms with E-state index in [-0.39, 0.29) is 18.0 Å². The number of hydrogen-bond acceptors (Lipinski definition) is 5. The lowest BCUT2D eigenvalue weighted by molar-refractivity contribution is -0.140. The topological polar surface area (TPSA) is 79.8 Å². The van der Waals surface area contributed by atoms with Crippen LogP contribution in [-0.2, 0) is 6.18 Å². The van der Waals surface area contributed by atoms with Crippen LogP contribution in [0.4, 0.5) is 18.9 Å². The maximum atomic E-state index is 13.3. The Morgan fingerprint density at radius 2 is 1.59 bits per heavy atom. The molecule has 4 aromatic rings. The summed E-state index contributed by atoms with van der Waals surface area (Å²) >= 11 is 0. The second kappa shape index (κ2) is 8.89. The second-order valence-electron chi connectivity index (χ2n) is 8.47. The molecule has 174 valence electrons. The van der Waals surface area contributed by atoms with Gasteiger partial charge in [-0.1, -0.05) is 18.2 Å². The van der Waals surface area contributed by atoms with E-state index in [1.165, 1.54) is 0 Å². The number of nitrogens with zero attached hydrogens (tertiary/aromatic N) is 3. The van der Waals surface area contributed by atoms with Crippen molar-refractivity contribution < 1.29 is 18.0 Å². The molecule has 1 amide bonds. The molecule has 2 N–H and O–H groups in total. The van der Waals surface area contributed by atoms with E-state index >= 15 is 0 Å². The minimum Gasteiger partial charge on any atom is -0.382 e. The van der Waals surface area contributed by atoms with Crippen LogP contribution in [0.25, 0.3) is 21.9 Å². The maximum absolute atomic E-state index is 13.3. The molecule has 1 aliphatic carbocycles. The number of carbonyl (C=O) groups excluding carboxylic acids is 1. The summed E-state index contributed by atoms with van der Waals surface area (Å²) in [5.74, 6) is -0.239. The van der Waals surface area contributed by atoms with Crippen molar-refractivity contribution in [1.82, 2.24) is 20.3 Å². The summed E-state index contributed by atoms with van der Waals surface area (Å²) in [6, 6.07) is 14.9. The van der Waals surface area contributed by atoms with Gasteiger partial charge in [0, 0.05) is 29.4 Å². The van der Waals surface area contributed by atoms with Gasteiger partial charge in [-0.2, -0.15) is 13.2 Å². The molecule has 3 heterocycles. The summed E-state index contributed by atoms with van der Waals surface area (Å²) in [6.07, 6.45) is 0.0294. The highest BCUT2D eigenvalue weighted by molar-refractivity contribution is 5.94. The van der Waals surface area contributed by atoms with Crippen LogP contribution in [0.3, 0.4) is 0 Å². The predicted molar refractivity (Wildman–Crippen MR) is 123 cm³/mol. The number of hydrogen-bond donors (Lipinski definition) is 2. The molecule has 0 bridgehead atoms. The molecule has 9 heteroatoms. The monoisotopic (exact) mass is 465 g/mol. The molecule has 0 spiro atoms. The van der Waals surface area contributed by atoms with Crippen molar-refractivity contribution in [3.8, 4) is 0 Å². The highest BCUT2D eigenvalue weighted by Gasteiger charge is 2.34. The zero-order valence-corrected chi connectivity index (χ0v) is 18.1. The first-order valence-electron chi connectivity index (χ1n) is 11.1. The van der Waals surface area contributed by atoms with E-state index in [0.717, 1.165) is 24.4 Å². The molecule has 1 saturated carbocycles. The number of pyridine rings is 3. The van der Waals surface area contributed by atoms with Crippen LogP contribution in [0, 0.1) is 0 Å². The highest BCUT2D eigenvalue weighted by atomic mass is 19.4. The van der Waals surface area contributed by atoms with Crippen molar-refractivity contribution in [1.29, 1.82) is 0 Å². The molecular formula is C25H22F3N5O. The van der Waals surface area contributed by atoms with Crippen LogP contribution < -0.4 is 10.6 Å². The number of anilines is 1. The first-order valence-corrected chi connectivity index (χ1v) is 11.1. The number of aromatic nitrogens is 3. The van der Waals surface area contributed by atoms with Crippen LogP contribution in [0.15, 0.2) is 60.8 Å². The molecule has 1 aromatic carbocycles. The molecule has 5 rings (SSSR count). The van der Waals surface area contributed by atoms with Gasteiger partial charge in [0.15, 0.2) is 0 Å². The molecule has 1 fully saturated rings. The fraction of sp³-hybridized carbons (Fsp3) is 0.280. The zero-order valence-electron chi connectivity index (χ0n) is 18.1. The lowest BCUT2D eigenvalue weighted by Crippen LogP contribution is -2.40. The van der Waals surface area contributed by atoms with Crippen LogP contribution >= 0.6 is 0 Å². The third-order valence-corrected chi connectivity index (χ3v) is 6.12. The maximum Gasteiger partial charge on any atom is 0.433 e. The number of rotatable bonds is 4. The highest BCUT2D eigenvalue weighted by Crippen LogP contribution is 2.34. The Hall–Kier alpha value is -3.75. The van der Waals surface area contributed by atoms with Gasteiger partial charge in [0.2, 0.25) is 0 Å². The number of nitrogens with one attached hydrogen (secondary N) is 2. The average Bonchev–Trinajstić information content (AvgIpc) is 2.84. The Kier molecular flexibility index (Phi) is 5.77. The van der Waals surface area contributed by atoms with E-state index in [9.17, 15) is 18.0 Å². The molecule has 34 heavy (non-hydrogen) atoms. The van der Waals surface area contributed by atoms with Gasteiger partial charge in [-0.3, -0.25) is 9.78 Å². The molecular weight excluding hydrogens is 443 g/mol. The van der Waals surface area contributed by atoms with E-state index in [1.54, 1.807) is 48.7 Å². The van der Waals surface area contributed by atoms with Crippen LogP contribution in [0.1, 0.15) is 41.9 Å². The summed E-state index contributed by atoms with van der Waals surface area (Å²) in [6.45, 7) is 0. The number of halogens is 3. The van der Waals surface area contributed by atoms with Crippen molar-refractivity contribution in [3.05, 3.63) is 72.2 Å². The van der Waals surface area contributed by atoms with Gasteiger partial charge in [0.25, 0.3) is 5.91 Å². The second-order valence-corrected chi connectivity index (χ2v) is 8.47. The van der Waals surface area contributed by atoms with Gasteiger partial charge in [0.1, 0.15) is 11.4 Å². The van der Waals surface area contributed by atoms with Crippen LogP contribution in [-0.4, -0.2) is 32.9 Å². The third kappa shape index (κ3) is 4.64. The number of benzene rings is 1. The van der Waals surface area contributed by atoms with E-state index < -0.39 is 11.9 Å². The largest absolute Gasteiger partial charge is 0.433 e. The summed E-state index contributed by atoms with van der Waals surface area (Å²) in [4.78, 5) is 25.0. The van der Waals surface area contributed by atoms with Crippen LogP contribution in [0.5, 0.6) is 0 Å². The van der Waals surface area contributed by atoms with Crippen molar-refractivity contribution in [2.45, 2.75) is 43.9 Å². The molecule has 0 radical (unpaired) electrons. The molecule has 0 unspecified atom stereocenters. The van der Waals surface area contributed by atoms with Gasteiger partial charge in [0.05, 0.1) is 16.6 Å². The Labute approximate surface area is 193 Å². The molecule has 0 aliphatic heterocycles. The number of carbonyl (C=O) groups is 1. The van der Waals surface area contributed by atoms with Gasteiger partial charge in [-0.15, -0.1) is 0 Å². The van der Waals surface area contributed by atoms with Gasteiger partial charge in [-0.25, -0.2) is 9.97 Å². The number of para-hydroxylation sites is 1. The normalized spacial score (nSPS) is 18.7. The lowest BCUT2D eigenvalue weighted by Gasteiger charge is -2.30. The quantitative estimate of drug-likeness (QED) is 0.425. The first-order chi connectivity index (χ1) is 16.4. The fourth-order valence-electron chi connectivity index (χ4n) is 4.38. The standard InChI is InChI=1S/C25H22F3N5O/c26-25(27,28)23-14-22(17-4-1-2-5-18(17)33-23)30-15-7-9-16(10-8-15)31-24(34)21-12-11-19-20(32-21)6-3-13-29-19/h1-6,11-16H,7-10H2,(H,30,33)(H,31,34)/t15-,16+. The minimum absolute atomic E-state index is 0.00455. The Morgan fingerprint density at radius 1 is 0.853 bits per heavy atom. The van der Waals surface area contributed by atoms with E-state index in [4.69, 9.17) is 0 Å². The zero-order chi connectivity index (χ0) is 23.7. The number of fused-ring (bicyclic) bond motifs is 2. The predicted octanol–water partition coefficient (Wildman–Crippen LogP) is 5.35. The van der Waals surface area contributed by atoms with E-state index in [0.29, 0.717) is 40.6 Å². The third-order valence-electron chi connectivity index (χ3n) is 6.12. The fourth-order valence-corrected chi connectivity index (χ4v) is 4.38. The molecule has 1 aliphatic rings. The molecule has 3 aromatic heterocycles. The van der Waals surface area contributed by atoms with E-state index in [1.807, 2.05) is 6.07 Å². The van der Waals surface area contributed by atoms with Crippen molar-refractivity contribution in [3.63, 3.8) is 0 Å². The van der Waals surface area contributed by atoms with Crippen molar-refractivity contribution in [2.24, 2.45) is 0 Å². The van der Waals surface area contributed by atoms with Gasteiger partial charge >= 0.3 is 6.18 Å². The van der Waals surface area contributed by atoms with Crippen molar-refractivity contribution >= 4 is 33.5 Å². The minimum atomic E-state index is -4.52. The van der Waals surface area contributed by atoms with E-state index in [2.05, 4.69) is 25.6 Å². The molecule has 6 nitrogen and oxygen atoms in total. The lowest BCUT2D eigenvalue weighted by atomic mass is 9.90. The van der Waals surface area contributed by atoms with Crippen LogP contribution in [0.2, 0.25) is 0 Å². The number of amides is 1. The first kappa shape index (κ1) is 22.1. The summed E-state index contributed by atoms with van der Waals surface area (Å²) in [5, 5.41) is 6.98. The SMILES string of the molecule is O=C(N[C@H]1CC[C@@H](Nc2cc(C(F)(F)F)nc3ccccc23)CC1)c1ccc2ncccc2n1. The summed E-state index contributed by atoms with van der Waals surface area (Å²) in [5.41, 5.74) is 1.54. The molecule has 0 saturated heterocycles. The van der Waals surface area contributed by atoms with Gasteiger partial charge in [-0.05, 0) is 62.1 Å². The Balaban J connectivity index is 1.24. The van der Waals surface area contributed by atoms with Crippen molar-refractivity contribution in [2.75, 3.05) is 5.32 Å². The average molecular weight is 465 g/mol. The summed E-state index contributed by atoms with van der Waals surface area (Å²) in [7, 11) is 0. The number of alkyl halides is 3. The Bertz CT molecular complexity index is 1350. The smallest absolute Gasteiger partial charge is 0.382 e. The summed E-state index contributed by atoms with van der Waals surface area (Å²) < 4.78 is 40.0. The van der Waals surface area contributed by atoms with Gasteiger partial charge < -0.3 is 10.6 Å². The molecule has 0 atom stereocenters.